The monoisotopic (exact) mass is 273 g/mol. The topological polar surface area (TPSA) is 39.9 Å². The molecule has 1 aromatic heterocycles. The van der Waals surface area contributed by atoms with E-state index in [0.717, 1.165) is 30.8 Å². The summed E-state index contributed by atoms with van der Waals surface area (Å²) in [6.45, 7) is 7.86. The molecule has 4 heteroatoms. The maximum absolute atomic E-state index is 5.48. The average molecular weight is 273 g/mol. The zero-order valence-corrected chi connectivity index (χ0v) is 12.5. The zero-order chi connectivity index (χ0) is 14.4. The van der Waals surface area contributed by atoms with Crippen LogP contribution in [-0.2, 0) is 13.0 Å². The molecule has 1 unspecified atom stereocenters. The summed E-state index contributed by atoms with van der Waals surface area (Å²) in [4.78, 5) is 0. The Morgan fingerprint density at radius 1 is 1.15 bits per heavy atom. The number of aryl methyl sites for hydroxylation is 1. The summed E-state index contributed by atoms with van der Waals surface area (Å²) in [5.41, 5.74) is 2.40. The summed E-state index contributed by atoms with van der Waals surface area (Å²) in [7, 11) is 0. The zero-order valence-electron chi connectivity index (χ0n) is 12.5. The quantitative estimate of drug-likeness (QED) is 0.776. The summed E-state index contributed by atoms with van der Waals surface area (Å²) in [6, 6.07) is 8.40. The van der Waals surface area contributed by atoms with Gasteiger partial charge in [0.05, 0.1) is 12.3 Å². The Morgan fingerprint density at radius 3 is 2.45 bits per heavy atom. The van der Waals surface area contributed by atoms with Gasteiger partial charge < -0.3 is 4.74 Å². The average Bonchev–Trinajstić information content (AvgIpc) is 2.94. The van der Waals surface area contributed by atoms with Crippen LogP contribution in [0.3, 0.4) is 0 Å². The van der Waals surface area contributed by atoms with Crippen molar-refractivity contribution in [3.63, 3.8) is 0 Å². The highest BCUT2D eigenvalue weighted by Crippen LogP contribution is 2.25. The van der Waals surface area contributed by atoms with E-state index in [1.54, 1.807) is 0 Å². The Morgan fingerprint density at radius 2 is 1.90 bits per heavy atom. The summed E-state index contributed by atoms with van der Waals surface area (Å²) < 4.78 is 7.36. The molecule has 2 rings (SSSR count). The van der Waals surface area contributed by atoms with E-state index < -0.39 is 0 Å². The standard InChI is InChI=1S/C16H23N3O/c1-4-13(11-15-12-19(5-2)18-17-15)14-7-9-16(10-8-14)20-6-3/h7-10,12-13H,4-6,11H2,1-3H3. The first kappa shape index (κ1) is 14.6. The van der Waals surface area contributed by atoms with Gasteiger partial charge in [-0.3, -0.25) is 4.68 Å². The molecule has 1 aromatic carbocycles. The number of hydrogen-bond donors (Lipinski definition) is 0. The molecular weight excluding hydrogens is 250 g/mol. The second kappa shape index (κ2) is 7.08. The van der Waals surface area contributed by atoms with Gasteiger partial charge in [0.2, 0.25) is 0 Å². The third kappa shape index (κ3) is 3.59. The Hall–Kier alpha value is -1.84. The van der Waals surface area contributed by atoms with E-state index in [9.17, 15) is 0 Å². The molecule has 0 radical (unpaired) electrons. The van der Waals surface area contributed by atoms with E-state index in [1.807, 2.05) is 29.9 Å². The van der Waals surface area contributed by atoms with Crippen molar-refractivity contribution in [3.05, 3.63) is 41.7 Å². The maximum atomic E-state index is 5.48. The van der Waals surface area contributed by atoms with Crippen LogP contribution in [0.5, 0.6) is 5.75 Å². The molecule has 4 nitrogen and oxygen atoms in total. The minimum Gasteiger partial charge on any atom is -0.494 e. The summed E-state index contributed by atoms with van der Waals surface area (Å²) in [5.74, 6) is 1.41. The van der Waals surface area contributed by atoms with E-state index in [-0.39, 0.29) is 0 Å². The van der Waals surface area contributed by atoms with Crippen LogP contribution in [0.25, 0.3) is 0 Å². The van der Waals surface area contributed by atoms with Crippen molar-refractivity contribution >= 4 is 0 Å². The fourth-order valence-electron chi connectivity index (χ4n) is 2.34. The molecule has 0 saturated carbocycles. The van der Waals surface area contributed by atoms with Gasteiger partial charge in [0.1, 0.15) is 5.75 Å². The summed E-state index contributed by atoms with van der Waals surface area (Å²) >= 11 is 0. The van der Waals surface area contributed by atoms with E-state index in [1.165, 1.54) is 5.56 Å². The number of hydrogen-bond acceptors (Lipinski definition) is 3. The summed E-state index contributed by atoms with van der Waals surface area (Å²) in [6.07, 6.45) is 4.06. The van der Waals surface area contributed by atoms with Crippen LogP contribution in [0.2, 0.25) is 0 Å². The van der Waals surface area contributed by atoms with Crippen molar-refractivity contribution in [2.24, 2.45) is 0 Å². The first-order valence-corrected chi connectivity index (χ1v) is 7.38. The van der Waals surface area contributed by atoms with Crippen molar-refractivity contribution in [3.8, 4) is 5.75 Å². The number of nitrogens with zero attached hydrogens (tertiary/aromatic N) is 3. The predicted octanol–water partition coefficient (Wildman–Crippen LogP) is 3.43. The maximum Gasteiger partial charge on any atom is 0.119 e. The third-order valence-corrected chi connectivity index (χ3v) is 3.52. The first-order valence-electron chi connectivity index (χ1n) is 7.38. The normalized spacial score (nSPS) is 12.3. The van der Waals surface area contributed by atoms with Gasteiger partial charge in [-0.25, -0.2) is 0 Å². The highest BCUT2D eigenvalue weighted by atomic mass is 16.5. The Kier molecular flexibility index (Phi) is 5.16. The predicted molar refractivity (Wildman–Crippen MR) is 80.0 cm³/mol. The molecule has 2 aromatic rings. The Balaban J connectivity index is 2.07. The molecule has 0 saturated heterocycles. The minimum absolute atomic E-state index is 0.479. The fourth-order valence-corrected chi connectivity index (χ4v) is 2.34. The largest absolute Gasteiger partial charge is 0.494 e. The van der Waals surface area contributed by atoms with E-state index in [2.05, 4.69) is 36.3 Å². The molecule has 0 bridgehead atoms. The minimum atomic E-state index is 0.479. The van der Waals surface area contributed by atoms with Crippen LogP contribution in [0.15, 0.2) is 30.5 Å². The van der Waals surface area contributed by atoms with Crippen molar-refractivity contribution in [1.82, 2.24) is 15.0 Å². The smallest absolute Gasteiger partial charge is 0.119 e. The van der Waals surface area contributed by atoms with Gasteiger partial charge in [0.25, 0.3) is 0 Å². The van der Waals surface area contributed by atoms with E-state index in [4.69, 9.17) is 4.74 Å². The van der Waals surface area contributed by atoms with Gasteiger partial charge in [-0.15, -0.1) is 5.10 Å². The van der Waals surface area contributed by atoms with E-state index >= 15 is 0 Å². The van der Waals surface area contributed by atoms with Crippen LogP contribution < -0.4 is 4.74 Å². The summed E-state index contributed by atoms with van der Waals surface area (Å²) in [5, 5.41) is 8.34. The second-order valence-electron chi connectivity index (χ2n) is 4.88. The highest BCUT2D eigenvalue weighted by molar-refractivity contribution is 5.30. The molecule has 20 heavy (non-hydrogen) atoms. The molecule has 0 aliphatic carbocycles. The molecular formula is C16H23N3O. The lowest BCUT2D eigenvalue weighted by Gasteiger charge is -2.14. The van der Waals surface area contributed by atoms with Crippen LogP contribution in [0.1, 0.15) is 44.4 Å². The lowest BCUT2D eigenvalue weighted by atomic mass is 9.92. The molecule has 0 amide bonds. The SMILES string of the molecule is CCOc1ccc(C(CC)Cc2cn(CC)nn2)cc1. The lowest BCUT2D eigenvalue weighted by Crippen LogP contribution is -2.02. The molecule has 0 aliphatic heterocycles. The second-order valence-corrected chi connectivity index (χ2v) is 4.88. The van der Waals surface area contributed by atoms with Gasteiger partial charge in [-0.05, 0) is 50.3 Å². The number of aromatic nitrogens is 3. The van der Waals surface area contributed by atoms with Crippen LogP contribution >= 0.6 is 0 Å². The number of ether oxygens (including phenoxy) is 1. The van der Waals surface area contributed by atoms with Crippen LogP contribution in [0.4, 0.5) is 0 Å². The van der Waals surface area contributed by atoms with Crippen LogP contribution in [-0.4, -0.2) is 21.6 Å². The number of benzene rings is 1. The van der Waals surface area contributed by atoms with Crippen molar-refractivity contribution < 1.29 is 4.74 Å². The molecule has 0 aliphatic rings. The van der Waals surface area contributed by atoms with Gasteiger partial charge >= 0.3 is 0 Å². The molecule has 108 valence electrons. The van der Waals surface area contributed by atoms with Crippen LogP contribution in [0, 0.1) is 0 Å². The molecule has 1 atom stereocenters. The fraction of sp³-hybridized carbons (Fsp3) is 0.500. The molecule has 1 heterocycles. The first-order chi connectivity index (χ1) is 9.76. The number of rotatable bonds is 7. The van der Waals surface area contributed by atoms with Gasteiger partial charge in [0.15, 0.2) is 0 Å². The lowest BCUT2D eigenvalue weighted by molar-refractivity contribution is 0.340. The molecule has 0 N–H and O–H groups in total. The van der Waals surface area contributed by atoms with Gasteiger partial charge in [-0.2, -0.15) is 0 Å². The van der Waals surface area contributed by atoms with E-state index in [0.29, 0.717) is 12.5 Å². The van der Waals surface area contributed by atoms with Gasteiger partial charge in [0, 0.05) is 12.7 Å². The Bertz CT molecular complexity index is 519. The Labute approximate surface area is 120 Å². The van der Waals surface area contributed by atoms with Crippen molar-refractivity contribution in [1.29, 1.82) is 0 Å². The molecule has 0 spiro atoms. The third-order valence-electron chi connectivity index (χ3n) is 3.52. The van der Waals surface area contributed by atoms with Crippen molar-refractivity contribution in [2.45, 2.75) is 46.1 Å². The van der Waals surface area contributed by atoms with Crippen molar-refractivity contribution in [2.75, 3.05) is 6.61 Å². The highest BCUT2D eigenvalue weighted by Gasteiger charge is 2.12. The van der Waals surface area contributed by atoms with Gasteiger partial charge in [-0.1, -0.05) is 24.3 Å². The molecule has 0 fully saturated rings.